The average Bonchev–Trinajstić information content (AvgIpc) is 2.60. The maximum Gasteiger partial charge on any atom is 0.261 e. The third-order valence-electron chi connectivity index (χ3n) is 5.10. The molecule has 2 aromatic rings. The van der Waals surface area contributed by atoms with Crippen molar-refractivity contribution in [3.05, 3.63) is 59.7 Å². The van der Waals surface area contributed by atoms with Gasteiger partial charge in [0, 0.05) is 12.0 Å². The Hall–Kier alpha value is -2.49. The van der Waals surface area contributed by atoms with Crippen LogP contribution >= 0.6 is 0 Å². The van der Waals surface area contributed by atoms with Crippen molar-refractivity contribution >= 4 is 5.91 Å². The van der Waals surface area contributed by atoms with Gasteiger partial charge in [0.25, 0.3) is 5.91 Å². The molecule has 0 spiro atoms. The van der Waals surface area contributed by atoms with E-state index in [9.17, 15) is 4.79 Å². The van der Waals surface area contributed by atoms with E-state index in [1.807, 2.05) is 50.2 Å². The number of amides is 1. The van der Waals surface area contributed by atoms with Gasteiger partial charge < -0.3 is 14.8 Å². The molecule has 0 bridgehead atoms. The zero-order chi connectivity index (χ0) is 20.5. The molecule has 150 valence electrons. The van der Waals surface area contributed by atoms with Crippen LogP contribution in [-0.4, -0.2) is 17.6 Å². The molecule has 0 aliphatic carbocycles. The van der Waals surface area contributed by atoms with Gasteiger partial charge in [-0.1, -0.05) is 51.1 Å². The second-order valence-electron chi connectivity index (χ2n) is 9.20. The Morgan fingerprint density at radius 2 is 1.79 bits per heavy atom. The molecule has 1 aliphatic rings. The summed E-state index contributed by atoms with van der Waals surface area (Å²) in [6.07, 6.45) is 0.126. The van der Waals surface area contributed by atoms with Crippen molar-refractivity contribution < 1.29 is 14.3 Å². The van der Waals surface area contributed by atoms with Crippen LogP contribution in [0.25, 0.3) is 0 Å². The molecule has 2 atom stereocenters. The van der Waals surface area contributed by atoms with Crippen molar-refractivity contribution in [3.8, 4) is 11.5 Å². The van der Waals surface area contributed by atoms with Gasteiger partial charge in [0.2, 0.25) is 0 Å². The molecule has 28 heavy (non-hydrogen) atoms. The Morgan fingerprint density at radius 3 is 2.43 bits per heavy atom. The topological polar surface area (TPSA) is 47.6 Å². The third kappa shape index (κ3) is 4.67. The van der Waals surface area contributed by atoms with Crippen molar-refractivity contribution in [2.24, 2.45) is 0 Å². The second-order valence-corrected chi connectivity index (χ2v) is 9.20. The molecule has 0 radical (unpaired) electrons. The largest absolute Gasteiger partial charge is 0.487 e. The molecular weight excluding hydrogens is 350 g/mol. The smallest absolute Gasteiger partial charge is 0.261 e. The predicted molar refractivity (Wildman–Crippen MR) is 112 cm³/mol. The minimum atomic E-state index is -0.585. The Kier molecular flexibility index (Phi) is 5.42. The van der Waals surface area contributed by atoms with Crippen molar-refractivity contribution in [1.29, 1.82) is 0 Å². The van der Waals surface area contributed by atoms with Gasteiger partial charge in [0.15, 0.2) is 6.10 Å². The molecule has 0 unspecified atom stereocenters. The van der Waals surface area contributed by atoms with Crippen LogP contribution in [0.1, 0.15) is 65.1 Å². The number of hydrogen-bond donors (Lipinski definition) is 1. The van der Waals surface area contributed by atoms with E-state index < -0.39 is 6.10 Å². The Balaban J connectivity index is 1.67. The van der Waals surface area contributed by atoms with Gasteiger partial charge in [-0.25, -0.2) is 0 Å². The maximum atomic E-state index is 12.8. The zero-order valence-electron chi connectivity index (χ0n) is 17.7. The number of nitrogens with one attached hydrogen (secondary N) is 1. The molecule has 0 saturated heterocycles. The zero-order valence-corrected chi connectivity index (χ0v) is 17.7. The summed E-state index contributed by atoms with van der Waals surface area (Å²) in [5.41, 5.74) is 2.00. The van der Waals surface area contributed by atoms with Gasteiger partial charge in [-0.05, 0) is 49.9 Å². The van der Waals surface area contributed by atoms with Crippen molar-refractivity contribution in [3.63, 3.8) is 0 Å². The number of para-hydroxylation sites is 1. The van der Waals surface area contributed by atoms with Crippen LogP contribution in [0.2, 0.25) is 0 Å². The first kappa shape index (κ1) is 20.2. The molecule has 1 heterocycles. The SMILES string of the molecule is C[C@H](Oc1ccc(C(C)(C)C)cc1)C(=O)N[C@H]1CC(C)(C)Oc2ccccc21. The minimum absolute atomic E-state index is 0.0881. The monoisotopic (exact) mass is 381 g/mol. The van der Waals surface area contributed by atoms with E-state index >= 15 is 0 Å². The molecule has 1 aliphatic heterocycles. The number of hydrogen-bond acceptors (Lipinski definition) is 3. The van der Waals surface area contributed by atoms with Crippen LogP contribution in [0.15, 0.2) is 48.5 Å². The van der Waals surface area contributed by atoms with Crippen LogP contribution in [-0.2, 0) is 10.2 Å². The Bertz CT molecular complexity index is 834. The summed E-state index contributed by atoms with van der Waals surface area (Å²) in [5, 5.41) is 3.14. The molecule has 0 saturated carbocycles. The van der Waals surface area contributed by atoms with E-state index in [4.69, 9.17) is 9.47 Å². The van der Waals surface area contributed by atoms with Gasteiger partial charge in [0.05, 0.1) is 6.04 Å². The molecule has 0 fully saturated rings. The van der Waals surface area contributed by atoms with Crippen molar-refractivity contribution in [2.45, 2.75) is 71.1 Å². The van der Waals surface area contributed by atoms with E-state index in [0.29, 0.717) is 12.2 Å². The highest BCUT2D eigenvalue weighted by atomic mass is 16.5. The first-order chi connectivity index (χ1) is 13.0. The summed E-state index contributed by atoms with van der Waals surface area (Å²) in [5.74, 6) is 1.40. The fraction of sp³-hybridized carbons (Fsp3) is 0.458. The highest BCUT2D eigenvalue weighted by Gasteiger charge is 2.35. The van der Waals surface area contributed by atoms with Crippen LogP contribution < -0.4 is 14.8 Å². The number of carbonyl (C=O) groups is 1. The number of rotatable bonds is 4. The molecule has 0 aromatic heterocycles. The normalized spacial score (nSPS) is 19.1. The third-order valence-corrected chi connectivity index (χ3v) is 5.10. The van der Waals surface area contributed by atoms with E-state index in [2.05, 4.69) is 38.2 Å². The lowest BCUT2D eigenvalue weighted by molar-refractivity contribution is -0.128. The lowest BCUT2D eigenvalue weighted by atomic mass is 9.87. The van der Waals surface area contributed by atoms with Gasteiger partial charge in [0.1, 0.15) is 17.1 Å². The van der Waals surface area contributed by atoms with Crippen LogP contribution in [0.4, 0.5) is 0 Å². The number of ether oxygens (including phenoxy) is 2. The molecular formula is C24H31NO3. The number of carbonyl (C=O) groups excluding carboxylic acids is 1. The summed E-state index contributed by atoms with van der Waals surface area (Å²) in [6, 6.07) is 15.7. The predicted octanol–water partition coefficient (Wildman–Crippen LogP) is 5.17. The summed E-state index contributed by atoms with van der Waals surface area (Å²) in [4.78, 5) is 12.8. The summed E-state index contributed by atoms with van der Waals surface area (Å²) < 4.78 is 11.9. The first-order valence-electron chi connectivity index (χ1n) is 9.91. The van der Waals surface area contributed by atoms with E-state index in [-0.39, 0.29) is 23.0 Å². The molecule has 4 nitrogen and oxygen atoms in total. The molecule has 1 N–H and O–H groups in total. The highest BCUT2D eigenvalue weighted by Crippen LogP contribution is 2.39. The summed E-state index contributed by atoms with van der Waals surface area (Å²) in [7, 11) is 0. The quantitative estimate of drug-likeness (QED) is 0.795. The van der Waals surface area contributed by atoms with Crippen molar-refractivity contribution in [1.82, 2.24) is 5.32 Å². The van der Waals surface area contributed by atoms with Crippen LogP contribution in [0.5, 0.6) is 11.5 Å². The van der Waals surface area contributed by atoms with E-state index in [1.54, 1.807) is 6.92 Å². The van der Waals surface area contributed by atoms with Crippen LogP contribution in [0, 0.1) is 0 Å². The molecule has 2 aromatic carbocycles. The van der Waals surface area contributed by atoms with Gasteiger partial charge >= 0.3 is 0 Å². The lowest BCUT2D eigenvalue weighted by Crippen LogP contribution is -2.44. The standard InChI is InChI=1S/C24H31NO3/c1-16(27-18-13-11-17(12-14-18)23(2,3)4)22(26)25-20-15-24(5,6)28-21-10-8-7-9-19(20)21/h7-14,16,20H,15H2,1-6H3,(H,25,26)/t16-,20-/m0/s1. The van der Waals surface area contributed by atoms with Crippen molar-refractivity contribution in [2.75, 3.05) is 0 Å². The minimum Gasteiger partial charge on any atom is -0.487 e. The van der Waals surface area contributed by atoms with Gasteiger partial charge in [-0.2, -0.15) is 0 Å². The Morgan fingerprint density at radius 1 is 1.14 bits per heavy atom. The highest BCUT2D eigenvalue weighted by molar-refractivity contribution is 5.81. The fourth-order valence-electron chi connectivity index (χ4n) is 3.51. The molecule has 3 rings (SSSR count). The maximum absolute atomic E-state index is 12.8. The second kappa shape index (κ2) is 7.50. The number of benzene rings is 2. The number of fused-ring (bicyclic) bond motifs is 1. The van der Waals surface area contributed by atoms with Gasteiger partial charge in [-0.15, -0.1) is 0 Å². The van der Waals surface area contributed by atoms with E-state index in [0.717, 1.165) is 11.3 Å². The molecule has 4 heteroatoms. The summed E-state index contributed by atoms with van der Waals surface area (Å²) in [6.45, 7) is 12.4. The van der Waals surface area contributed by atoms with Crippen LogP contribution in [0.3, 0.4) is 0 Å². The molecule has 1 amide bonds. The fourth-order valence-corrected chi connectivity index (χ4v) is 3.51. The lowest BCUT2D eigenvalue weighted by Gasteiger charge is -2.38. The average molecular weight is 382 g/mol. The summed E-state index contributed by atoms with van der Waals surface area (Å²) >= 11 is 0. The Labute approximate surface area is 168 Å². The first-order valence-corrected chi connectivity index (χ1v) is 9.91. The van der Waals surface area contributed by atoms with Gasteiger partial charge in [-0.3, -0.25) is 4.79 Å². The van der Waals surface area contributed by atoms with E-state index in [1.165, 1.54) is 5.56 Å².